The maximum atomic E-state index is 12.6. The van der Waals surface area contributed by atoms with Crippen molar-refractivity contribution >= 4 is 5.96 Å². The number of nitrogens with zero attached hydrogens (tertiary/aromatic N) is 2. The quantitative estimate of drug-likeness (QED) is 0.415. The first-order valence-electron chi connectivity index (χ1n) is 10.6. The van der Waals surface area contributed by atoms with Crippen LogP contribution in [0.5, 0.6) is 5.75 Å². The van der Waals surface area contributed by atoms with Crippen LogP contribution in [0.3, 0.4) is 0 Å². The van der Waals surface area contributed by atoms with E-state index in [1.807, 2.05) is 6.92 Å². The Morgan fingerprint density at radius 1 is 1.23 bits per heavy atom. The standard InChI is InChI=1S/C21H33F3N4O2/c1-3-11-28-12-9-17(10-13-28)27-20(25-4-2)26-14-18(29)15-30-19-7-5-16(6-8-19)21(22,23)24/h5-8,17-18,29H,3-4,9-15H2,1-2H3,(H2,25,26,27). The Kier molecular flexibility index (Phi) is 9.71. The molecule has 0 radical (unpaired) electrons. The molecule has 0 spiro atoms. The maximum Gasteiger partial charge on any atom is 0.416 e. The van der Waals surface area contributed by atoms with Gasteiger partial charge in [0.1, 0.15) is 18.5 Å². The fourth-order valence-corrected chi connectivity index (χ4v) is 3.31. The van der Waals surface area contributed by atoms with Gasteiger partial charge in [0, 0.05) is 25.7 Å². The fourth-order valence-electron chi connectivity index (χ4n) is 3.31. The van der Waals surface area contributed by atoms with Crippen LogP contribution in [0.1, 0.15) is 38.7 Å². The molecule has 1 unspecified atom stereocenters. The van der Waals surface area contributed by atoms with E-state index in [2.05, 4.69) is 27.4 Å². The highest BCUT2D eigenvalue weighted by atomic mass is 19.4. The van der Waals surface area contributed by atoms with Crippen molar-refractivity contribution in [3.63, 3.8) is 0 Å². The van der Waals surface area contributed by atoms with Gasteiger partial charge in [0.05, 0.1) is 12.1 Å². The number of rotatable bonds is 9. The Morgan fingerprint density at radius 3 is 2.47 bits per heavy atom. The molecule has 0 aliphatic carbocycles. The minimum absolute atomic E-state index is 0.0519. The fraction of sp³-hybridized carbons (Fsp3) is 0.667. The zero-order valence-corrected chi connectivity index (χ0v) is 17.7. The molecule has 3 N–H and O–H groups in total. The SMILES string of the molecule is CCCN1CCC(NC(=NCC(O)COc2ccc(C(F)(F)F)cc2)NCC)CC1. The molecular weight excluding hydrogens is 397 g/mol. The third-order valence-electron chi connectivity index (χ3n) is 4.90. The molecule has 2 rings (SSSR count). The van der Waals surface area contributed by atoms with Crippen LogP contribution in [0.4, 0.5) is 13.2 Å². The Balaban J connectivity index is 1.78. The molecule has 1 aliphatic rings. The van der Waals surface area contributed by atoms with Crippen LogP contribution in [0.2, 0.25) is 0 Å². The average molecular weight is 431 g/mol. The molecule has 0 amide bonds. The number of aliphatic hydroxyl groups excluding tert-OH is 1. The average Bonchev–Trinajstić information content (AvgIpc) is 2.72. The van der Waals surface area contributed by atoms with Crippen molar-refractivity contribution in [2.24, 2.45) is 4.99 Å². The van der Waals surface area contributed by atoms with E-state index >= 15 is 0 Å². The summed E-state index contributed by atoms with van der Waals surface area (Å²) in [5, 5.41) is 16.7. The molecule has 0 aromatic heterocycles. The van der Waals surface area contributed by atoms with Gasteiger partial charge in [-0.15, -0.1) is 0 Å². The second-order valence-corrected chi connectivity index (χ2v) is 7.47. The lowest BCUT2D eigenvalue weighted by molar-refractivity contribution is -0.137. The number of benzene rings is 1. The molecule has 1 aliphatic heterocycles. The molecule has 1 fully saturated rings. The number of likely N-dealkylation sites (tertiary alicyclic amines) is 1. The highest BCUT2D eigenvalue weighted by molar-refractivity contribution is 5.80. The van der Waals surface area contributed by atoms with Crippen LogP contribution in [0, 0.1) is 0 Å². The van der Waals surface area contributed by atoms with Gasteiger partial charge >= 0.3 is 6.18 Å². The largest absolute Gasteiger partial charge is 0.491 e. The van der Waals surface area contributed by atoms with E-state index in [1.165, 1.54) is 12.1 Å². The van der Waals surface area contributed by atoms with Gasteiger partial charge in [0.2, 0.25) is 0 Å². The number of aliphatic hydroxyl groups is 1. The van der Waals surface area contributed by atoms with Gasteiger partial charge in [-0.2, -0.15) is 13.2 Å². The second kappa shape index (κ2) is 12.0. The van der Waals surface area contributed by atoms with Crippen LogP contribution in [-0.4, -0.2) is 67.4 Å². The summed E-state index contributed by atoms with van der Waals surface area (Å²) in [6, 6.07) is 4.75. The van der Waals surface area contributed by atoms with Gasteiger partial charge < -0.3 is 25.4 Å². The molecule has 0 bridgehead atoms. The summed E-state index contributed by atoms with van der Waals surface area (Å²) < 4.78 is 43.1. The van der Waals surface area contributed by atoms with E-state index in [9.17, 15) is 18.3 Å². The van der Waals surface area contributed by atoms with Crippen LogP contribution in [0.25, 0.3) is 0 Å². The molecule has 9 heteroatoms. The highest BCUT2D eigenvalue weighted by Crippen LogP contribution is 2.30. The summed E-state index contributed by atoms with van der Waals surface area (Å²) in [4.78, 5) is 6.89. The molecule has 170 valence electrons. The second-order valence-electron chi connectivity index (χ2n) is 7.47. The topological polar surface area (TPSA) is 69.1 Å². The lowest BCUT2D eigenvalue weighted by Gasteiger charge is -2.32. The number of aliphatic imine (C=N–C) groups is 1. The van der Waals surface area contributed by atoms with E-state index in [-0.39, 0.29) is 18.9 Å². The van der Waals surface area contributed by atoms with Crippen LogP contribution < -0.4 is 15.4 Å². The summed E-state index contributed by atoms with van der Waals surface area (Å²) in [5.41, 5.74) is -0.734. The van der Waals surface area contributed by atoms with E-state index in [4.69, 9.17) is 4.74 Å². The van der Waals surface area contributed by atoms with E-state index < -0.39 is 17.8 Å². The molecular formula is C21H33F3N4O2. The normalized spacial score (nSPS) is 17.6. The lowest BCUT2D eigenvalue weighted by Crippen LogP contribution is -2.49. The van der Waals surface area contributed by atoms with Crippen molar-refractivity contribution < 1.29 is 23.0 Å². The lowest BCUT2D eigenvalue weighted by atomic mass is 10.1. The molecule has 30 heavy (non-hydrogen) atoms. The molecule has 1 aromatic rings. The van der Waals surface area contributed by atoms with E-state index in [1.54, 1.807) is 0 Å². The molecule has 1 saturated heterocycles. The Hall–Kier alpha value is -2.00. The first-order chi connectivity index (χ1) is 14.3. The van der Waals surface area contributed by atoms with Gasteiger partial charge in [-0.3, -0.25) is 4.99 Å². The number of halogens is 3. The van der Waals surface area contributed by atoms with Crippen LogP contribution in [-0.2, 0) is 6.18 Å². The van der Waals surface area contributed by atoms with Crippen molar-refractivity contribution in [2.45, 2.75) is 51.4 Å². The van der Waals surface area contributed by atoms with Crippen molar-refractivity contribution in [1.82, 2.24) is 15.5 Å². The number of nitrogens with one attached hydrogen (secondary N) is 2. The first kappa shape index (κ1) is 24.3. The predicted molar refractivity (Wildman–Crippen MR) is 112 cm³/mol. The summed E-state index contributed by atoms with van der Waals surface area (Å²) in [6.07, 6.45) is -1.99. The predicted octanol–water partition coefficient (Wildman–Crippen LogP) is 2.87. The van der Waals surface area contributed by atoms with Gasteiger partial charge in [-0.05, 0) is 57.0 Å². The van der Waals surface area contributed by atoms with E-state index in [0.29, 0.717) is 18.5 Å². The number of hydrogen-bond donors (Lipinski definition) is 3. The smallest absolute Gasteiger partial charge is 0.416 e. The Bertz CT molecular complexity index is 645. The third-order valence-corrected chi connectivity index (χ3v) is 4.90. The van der Waals surface area contributed by atoms with Gasteiger partial charge in [0.15, 0.2) is 5.96 Å². The zero-order valence-electron chi connectivity index (χ0n) is 17.7. The summed E-state index contributed by atoms with van der Waals surface area (Å²) >= 11 is 0. The summed E-state index contributed by atoms with van der Waals surface area (Å²) in [6.45, 7) is 8.21. The minimum atomic E-state index is -4.38. The maximum absolute atomic E-state index is 12.6. The van der Waals surface area contributed by atoms with E-state index in [0.717, 1.165) is 51.0 Å². The Morgan fingerprint density at radius 2 is 1.90 bits per heavy atom. The molecule has 1 heterocycles. The Labute approximate surface area is 176 Å². The number of ether oxygens (including phenoxy) is 1. The number of guanidine groups is 1. The van der Waals surface area contributed by atoms with Crippen LogP contribution >= 0.6 is 0 Å². The van der Waals surface area contributed by atoms with Gasteiger partial charge in [-0.1, -0.05) is 6.92 Å². The van der Waals surface area contributed by atoms with Crippen molar-refractivity contribution in [3.05, 3.63) is 29.8 Å². The number of hydrogen-bond acceptors (Lipinski definition) is 4. The van der Waals surface area contributed by atoms with Gasteiger partial charge in [0.25, 0.3) is 0 Å². The number of piperidine rings is 1. The molecule has 1 aromatic carbocycles. The van der Waals surface area contributed by atoms with Crippen molar-refractivity contribution in [3.8, 4) is 5.75 Å². The zero-order chi connectivity index (χ0) is 22.0. The van der Waals surface area contributed by atoms with Crippen molar-refractivity contribution in [1.29, 1.82) is 0 Å². The first-order valence-corrected chi connectivity index (χ1v) is 10.6. The third kappa shape index (κ3) is 8.39. The molecule has 0 saturated carbocycles. The number of alkyl halides is 3. The summed E-state index contributed by atoms with van der Waals surface area (Å²) in [7, 11) is 0. The summed E-state index contributed by atoms with van der Waals surface area (Å²) in [5.74, 6) is 0.926. The molecule has 6 nitrogen and oxygen atoms in total. The highest BCUT2D eigenvalue weighted by Gasteiger charge is 2.30. The monoisotopic (exact) mass is 430 g/mol. The van der Waals surface area contributed by atoms with Gasteiger partial charge in [-0.25, -0.2) is 0 Å². The van der Waals surface area contributed by atoms with Crippen LogP contribution in [0.15, 0.2) is 29.3 Å². The van der Waals surface area contributed by atoms with Crippen molar-refractivity contribution in [2.75, 3.05) is 39.3 Å². The molecule has 1 atom stereocenters. The minimum Gasteiger partial charge on any atom is -0.491 e.